The van der Waals surface area contributed by atoms with E-state index in [0.29, 0.717) is 5.02 Å². The van der Waals surface area contributed by atoms with E-state index in [1.54, 1.807) is 0 Å². The van der Waals surface area contributed by atoms with E-state index in [0.717, 1.165) is 10.4 Å². The molecular weight excluding hydrogens is 418 g/mol. The number of nitrogens with one attached hydrogen (secondary N) is 1. The number of sulfonamides is 1. The normalized spacial score (nSPS) is 11.6. The van der Waals surface area contributed by atoms with Crippen molar-refractivity contribution in [1.29, 1.82) is 0 Å². The maximum absolute atomic E-state index is 14.1. The highest BCUT2D eigenvalue weighted by Gasteiger charge is 2.28. The highest BCUT2D eigenvalue weighted by molar-refractivity contribution is 7.89. The van der Waals surface area contributed by atoms with Crippen molar-refractivity contribution >= 4 is 39.1 Å². The Morgan fingerprint density at radius 1 is 1.15 bits per heavy atom. The number of aliphatic hydroxyl groups excluding tert-OH is 1. The van der Waals surface area contributed by atoms with E-state index < -0.39 is 34.8 Å². The predicted molar refractivity (Wildman–Crippen MR) is 101 cm³/mol. The summed E-state index contributed by atoms with van der Waals surface area (Å²) in [5.74, 6) is -1.33. The lowest BCUT2D eigenvalue weighted by molar-refractivity contribution is -0.121. The van der Waals surface area contributed by atoms with Gasteiger partial charge in [0.1, 0.15) is 5.82 Å². The molecule has 0 saturated carbocycles. The van der Waals surface area contributed by atoms with E-state index >= 15 is 0 Å². The number of aliphatic hydroxyl groups is 1. The summed E-state index contributed by atoms with van der Waals surface area (Å²) in [4.78, 5) is 11.9. The van der Waals surface area contributed by atoms with Gasteiger partial charge < -0.3 is 10.4 Å². The molecule has 0 heterocycles. The van der Waals surface area contributed by atoms with Crippen LogP contribution < -0.4 is 5.32 Å². The molecule has 27 heavy (non-hydrogen) atoms. The number of benzene rings is 2. The van der Waals surface area contributed by atoms with Gasteiger partial charge in [-0.15, -0.1) is 0 Å². The number of rotatable bonds is 8. The molecule has 0 aromatic heterocycles. The molecule has 0 aliphatic carbocycles. The van der Waals surface area contributed by atoms with Gasteiger partial charge in [0.25, 0.3) is 0 Å². The second-order valence-corrected chi connectivity index (χ2v) is 8.28. The fraction of sp³-hybridized carbons (Fsp3) is 0.235. The Kier molecular flexibility index (Phi) is 7.58. The quantitative estimate of drug-likeness (QED) is 0.667. The zero-order valence-electron chi connectivity index (χ0n) is 14.0. The number of nitrogens with zero attached hydrogens (tertiary/aromatic N) is 1. The van der Waals surface area contributed by atoms with Gasteiger partial charge in [-0.1, -0.05) is 29.3 Å². The number of carbonyl (C=O) groups is 1. The van der Waals surface area contributed by atoms with Gasteiger partial charge in [0, 0.05) is 28.7 Å². The van der Waals surface area contributed by atoms with Crippen LogP contribution in [0.2, 0.25) is 10.0 Å². The molecule has 0 fully saturated rings. The molecule has 2 aromatic rings. The van der Waals surface area contributed by atoms with Crippen molar-refractivity contribution < 1.29 is 22.7 Å². The van der Waals surface area contributed by atoms with Crippen molar-refractivity contribution in [2.75, 3.05) is 19.7 Å². The van der Waals surface area contributed by atoms with Gasteiger partial charge in [0.05, 0.1) is 18.0 Å². The van der Waals surface area contributed by atoms with Crippen LogP contribution in [0.1, 0.15) is 5.56 Å². The van der Waals surface area contributed by atoms with Gasteiger partial charge in [-0.2, -0.15) is 4.31 Å². The Morgan fingerprint density at radius 2 is 1.81 bits per heavy atom. The minimum absolute atomic E-state index is 0.0336. The van der Waals surface area contributed by atoms with E-state index in [-0.39, 0.29) is 28.6 Å². The summed E-state index contributed by atoms with van der Waals surface area (Å²) in [5, 5.41) is 11.6. The van der Waals surface area contributed by atoms with Crippen LogP contribution in [0.3, 0.4) is 0 Å². The zero-order chi connectivity index (χ0) is 20.0. The summed E-state index contributed by atoms with van der Waals surface area (Å²) in [5.41, 5.74) is -0.0494. The molecule has 0 bridgehead atoms. The van der Waals surface area contributed by atoms with Crippen molar-refractivity contribution in [3.8, 4) is 0 Å². The van der Waals surface area contributed by atoms with Crippen LogP contribution in [-0.2, 0) is 21.4 Å². The number of hydrogen-bond acceptors (Lipinski definition) is 4. The molecule has 0 atom stereocenters. The lowest BCUT2D eigenvalue weighted by Crippen LogP contribution is -2.41. The Hall–Kier alpha value is -1.71. The van der Waals surface area contributed by atoms with E-state index in [1.165, 1.54) is 36.4 Å². The van der Waals surface area contributed by atoms with Gasteiger partial charge in [-0.3, -0.25) is 4.79 Å². The predicted octanol–water partition coefficient (Wildman–Crippen LogP) is 2.43. The first-order chi connectivity index (χ1) is 12.8. The lowest BCUT2D eigenvalue weighted by atomic mass is 10.2. The van der Waals surface area contributed by atoms with E-state index in [9.17, 15) is 17.6 Å². The maximum atomic E-state index is 14.1. The number of amides is 1. The molecule has 0 aliphatic heterocycles. The number of halogens is 3. The molecule has 0 radical (unpaired) electrons. The van der Waals surface area contributed by atoms with E-state index in [2.05, 4.69) is 5.32 Å². The van der Waals surface area contributed by atoms with E-state index in [4.69, 9.17) is 28.3 Å². The van der Waals surface area contributed by atoms with Gasteiger partial charge in [-0.25, -0.2) is 12.8 Å². The third-order valence-corrected chi connectivity index (χ3v) is 6.01. The smallest absolute Gasteiger partial charge is 0.243 e. The number of carbonyl (C=O) groups excluding carboxylic acids is 1. The first kappa shape index (κ1) is 21.6. The van der Waals surface area contributed by atoms with Gasteiger partial charge in [-0.05, 0) is 36.4 Å². The average Bonchev–Trinajstić information content (AvgIpc) is 2.62. The summed E-state index contributed by atoms with van der Waals surface area (Å²) in [6.07, 6.45) is 0. The topological polar surface area (TPSA) is 86.7 Å². The third-order valence-electron chi connectivity index (χ3n) is 3.60. The van der Waals surface area contributed by atoms with Gasteiger partial charge in [0.15, 0.2) is 0 Å². The standard InChI is InChI=1S/C17H17Cl2FN2O4S/c18-12-4-6-13(7-5-12)27(25,26)22(11-17(24)21-8-9-23)10-14-15(19)2-1-3-16(14)20/h1-7,23H,8-11H2,(H,21,24). The van der Waals surface area contributed by atoms with Crippen LogP contribution in [0.15, 0.2) is 47.4 Å². The first-order valence-electron chi connectivity index (χ1n) is 7.82. The minimum atomic E-state index is -4.14. The van der Waals surface area contributed by atoms with Crippen LogP contribution in [0, 0.1) is 5.82 Å². The summed E-state index contributed by atoms with van der Waals surface area (Å²) < 4.78 is 40.9. The zero-order valence-corrected chi connectivity index (χ0v) is 16.4. The summed E-state index contributed by atoms with van der Waals surface area (Å²) in [6, 6.07) is 9.35. The van der Waals surface area contributed by atoms with Crippen molar-refractivity contribution in [3.05, 3.63) is 63.9 Å². The molecule has 0 saturated heterocycles. The van der Waals surface area contributed by atoms with E-state index in [1.807, 2.05) is 0 Å². The Bertz CT molecular complexity index is 887. The fourth-order valence-corrected chi connectivity index (χ4v) is 3.97. The summed E-state index contributed by atoms with van der Waals surface area (Å²) in [6.45, 7) is -1.35. The van der Waals surface area contributed by atoms with Crippen molar-refractivity contribution in [3.63, 3.8) is 0 Å². The third kappa shape index (κ3) is 5.63. The highest BCUT2D eigenvalue weighted by atomic mass is 35.5. The SMILES string of the molecule is O=C(CN(Cc1c(F)cccc1Cl)S(=O)(=O)c1ccc(Cl)cc1)NCCO. The monoisotopic (exact) mass is 434 g/mol. The second-order valence-electron chi connectivity index (χ2n) is 5.50. The van der Waals surface area contributed by atoms with Crippen molar-refractivity contribution in [1.82, 2.24) is 9.62 Å². The summed E-state index contributed by atoms with van der Waals surface area (Å²) in [7, 11) is -4.14. The Morgan fingerprint density at radius 3 is 2.41 bits per heavy atom. The molecule has 146 valence electrons. The molecule has 2 aromatic carbocycles. The maximum Gasteiger partial charge on any atom is 0.243 e. The largest absolute Gasteiger partial charge is 0.395 e. The molecular formula is C17H17Cl2FN2O4S. The fourth-order valence-electron chi connectivity index (χ4n) is 2.25. The molecule has 1 amide bonds. The van der Waals surface area contributed by atoms with Crippen LogP contribution in [0.5, 0.6) is 0 Å². The van der Waals surface area contributed by atoms with Crippen LogP contribution >= 0.6 is 23.2 Å². The molecule has 0 spiro atoms. The minimum Gasteiger partial charge on any atom is -0.395 e. The van der Waals surface area contributed by atoms with Crippen molar-refractivity contribution in [2.45, 2.75) is 11.4 Å². The summed E-state index contributed by atoms with van der Waals surface area (Å²) >= 11 is 11.8. The van der Waals surface area contributed by atoms with Crippen LogP contribution in [0.4, 0.5) is 4.39 Å². The Labute approximate surface area is 166 Å². The molecule has 0 unspecified atom stereocenters. The molecule has 2 rings (SSSR count). The van der Waals surface area contributed by atoms with Crippen LogP contribution in [-0.4, -0.2) is 43.4 Å². The Balaban J connectivity index is 2.39. The first-order valence-corrected chi connectivity index (χ1v) is 10.0. The highest BCUT2D eigenvalue weighted by Crippen LogP contribution is 2.25. The molecule has 2 N–H and O–H groups in total. The molecule has 0 aliphatic rings. The average molecular weight is 435 g/mol. The van der Waals surface area contributed by atoms with Crippen LogP contribution in [0.25, 0.3) is 0 Å². The van der Waals surface area contributed by atoms with Gasteiger partial charge in [0.2, 0.25) is 15.9 Å². The lowest BCUT2D eigenvalue weighted by Gasteiger charge is -2.22. The van der Waals surface area contributed by atoms with Gasteiger partial charge >= 0.3 is 0 Å². The van der Waals surface area contributed by atoms with Crippen molar-refractivity contribution in [2.24, 2.45) is 0 Å². The molecule has 10 heteroatoms. The molecule has 6 nitrogen and oxygen atoms in total. The number of hydrogen-bond donors (Lipinski definition) is 2. The second kappa shape index (κ2) is 9.48.